The average molecular weight is 425 g/mol. The van der Waals surface area contributed by atoms with Crippen molar-refractivity contribution in [2.75, 3.05) is 17.2 Å². The van der Waals surface area contributed by atoms with E-state index in [0.717, 1.165) is 12.3 Å². The standard InChI is InChI=1S/C26H36N2O3/c1-4-31-24-15-11-10-14-23(24)28-26(30)25(29)27-22-18-16-21(17-19-22)13-9-7-5-6-8-12-20(2)3/h10-11,14-20H,4-9,12-13H2,1-3H3,(H,27,29)(H,28,30). The molecule has 2 amide bonds. The Morgan fingerprint density at radius 1 is 0.839 bits per heavy atom. The van der Waals surface area contributed by atoms with E-state index in [4.69, 9.17) is 4.74 Å². The van der Waals surface area contributed by atoms with E-state index < -0.39 is 11.8 Å². The quantitative estimate of drug-likeness (QED) is 0.315. The molecule has 0 radical (unpaired) electrons. The zero-order valence-corrected chi connectivity index (χ0v) is 19.1. The highest BCUT2D eigenvalue weighted by Gasteiger charge is 2.16. The number of unbranched alkanes of at least 4 members (excludes halogenated alkanes) is 4. The molecule has 0 bridgehead atoms. The lowest BCUT2D eigenvalue weighted by atomic mass is 10.0. The third-order valence-electron chi connectivity index (χ3n) is 5.10. The molecule has 0 spiro atoms. The van der Waals surface area contributed by atoms with E-state index >= 15 is 0 Å². The monoisotopic (exact) mass is 424 g/mol. The molecule has 31 heavy (non-hydrogen) atoms. The van der Waals surface area contributed by atoms with Crippen molar-refractivity contribution in [3.8, 4) is 5.75 Å². The minimum Gasteiger partial charge on any atom is -0.492 e. The summed E-state index contributed by atoms with van der Waals surface area (Å²) in [6, 6.07) is 14.8. The molecule has 5 heteroatoms. The van der Waals surface area contributed by atoms with Crippen molar-refractivity contribution < 1.29 is 14.3 Å². The van der Waals surface area contributed by atoms with Gasteiger partial charge < -0.3 is 15.4 Å². The second-order valence-electron chi connectivity index (χ2n) is 8.23. The molecule has 0 fully saturated rings. The third-order valence-corrected chi connectivity index (χ3v) is 5.10. The molecule has 0 aliphatic heterocycles. The van der Waals surface area contributed by atoms with E-state index in [1.54, 1.807) is 18.2 Å². The molecule has 2 aromatic carbocycles. The number of hydrogen-bond acceptors (Lipinski definition) is 3. The number of carbonyl (C=O) groups is 2. The smallest absolute Gasteiger partial charge is 0.314 e. The fraction of sp³-hybridized carbons (Fsp3) is 0.462. The lowest BCUT2D eigenvalue weighted by molar-refractivity contribution is -0.133. The molecule has 0 saturated carbocycles. The Morgan fingerprint density at radius 2 is 1.48 bits per heavy atom. The summed E-state index contributed by atoms with van der Waals surface area (Å²) in [4.78, 5) is 24.5. The van der Waals surface area contributed by atoms with Crippen LogP contribution in [0.4, 0.5) is 11.4 Å². The van der Waals surface area contributed by atoms with Gasteiger partial charge in [-0.1, -0.05) is 70.2 Å². The third kappa shape index (κ3) is 9.24. The maximum absolute atomic E-state index is 12.2. The summed E-state index contributed by atoms with van der Waals surface area (Å²) in [5.74, 6) is -0.0967. The largest absolute Gasteiger partial charge is 0.492 e. The molecule has 0 aliphatic carbocycles. The molecule has 2 N–H and O–H groups in total. The van der Waals surface area contributed by atoms with E-state index in [-0.39, 0.29) is 0 Å². The van der Waals surface area contributed by atoms with Crippen LogP contribution in [0.15, 0.2) is 48.5 Å². The summed E-state index contributed by atoms with van der Waals surface area (Å²) in [6.45, 7) is 6.90. The summed E-state index contributed by atoms with van der Waals surface area (Å²) in [5.41, 5.74) is 2.33. The predicted molar refractivity (Wildman–Crippen MR) is 128 cm³/mol. The second-order valence-corrected chi connectivity index (χ2v) is 8.23. The molecular weight excluding hydrogens is 388 g/mol. The van der Waals surface area contributed by atoms with E-state index in [9.17, 15) is 9.59 Å². The normalized spacial score (nSPS) is 10.7. The summed E-state index contributed by atoms with van der Waals surface area (Å²) in [5, 5.41) is 5.25. The first-order valence-electron chi connectivity index (χ1n) is 11.4. The lowest BCUT2D eigenvalue weighted by Gasteiger charge is -2.11. The SMILES string of the molecule is CCOc1ccccc1NC(=O)C(=O)Nc1ccc(CCCCCCCC(C)C)cc1. The van der Waals surface area contributed by atoms with Crippen LogP contribution in [0.5, 0.6) is 5.75 Å². The van der Waals surface area contributed by atoms with Crippen LogP contribution >= 0.6 is 0 Å². The highest BCUT2D eigenvalue weighted by molar-refractivity contribution is 6.43. The van der Waals surface area contributed by atoms with Gasteiger partial charge in [-0.25, -0.2) is 0 Å². The van der Waals surface area contributed by atoms with Crippen molar-refractivity contribution in [3.05, 3.63) is 54.1 Å². The number of rotatable bonds is 12. The number of anilines is 2. The van der Waals surface area contributed by atoms with Crippen LogP contribution in [-0.2, 0) is 16.0 Å². The molecule has 0 unspecified atom stereocenters. The van der Waals surface area contributed by atoms with Crippen LogP contribution in [0.25, 0.3) is 0 Å². The van der Waals surface area contributed by atoms with E-state index in [1.807, 2.05) is 37.3 Å². The van der Waals surface area contributed by atoms with Crippen molar-refractivity contribution in [2.45, 2.75) is 65.7 Å². The van der Waals surface area contributed by atoms with E-state index in [0.29, 0.717) is 23.7 Å². The van der Waals surface area contributed by atoms with Crippen molar-refractivity contribution in [3.63, 3.8) is 0 Å². The first kappa shape index (κ1) is 24.4. The molecule has 0 aliphatic rings. The number of benzene rings is 2. The van der Waals surface area contributed by atoms with Crippen molar-refractivity contribution >= 4 is 23.2 Å². The number of ether oxygens (including phenoxy) is 1. The number of aryl methyl sites for hydroxylation is 1. The first-order chi connectivity index (χ1) is 15.0. The van der Waals surface area contributed by atoms with Crippen molar-refractivity contribution in [1.29, 1.82) is 0 Å². The summed E-state index contributed by atoms with van der Waals surface area (Å²) < 4.78 is 5.47. The van der Waals surface area contributed by atoms with Crippen LogP contribution in [0.2, 0.25) is 0 Å². The van der Waals surface area contributed by atoms with Crippen LogP contribution in [0.1, 0.15) is 64.9 Å². The Bertz CT molecular complexity index is 816. The topological polar surface area (TPSA) is 67.4 Å². The number of nitrogens with one attached hydrogen (secondary N) is 2. The van der Waals surface area contributed by atoms with Gasteiger partial charge in [-0.05, 0) is 55.5 Å². The zero-order chi connectivity index (χ0) is 22.5. The van der Waals surface area contributed by atoms with Gasteiger partial charge in [0.15, 0.2) is 0 Å². The predicted octanol–water partition coefficient (Wildman–Crippen LogP) is 6.20. The molecular formula is C26H36N2O3. The first-order valence-corrected chi connectivity index (χ1v) is 11.4. The van der Waals surface area contributed by atoms with Crippen LogP contribution in [0, 0.1) is 5.92 Å². The maximum Gasteiger partial charge on any atom is 0.314 e. The molecule has 2 rings (SSSR count). The zero-order valence-electron chi connectivity index (χ0n) is 19.1. The second kappa shape index (κ2) is 13.5. The Morgan fingerprint density at radius 3 is 2.19 bits per heavy atom. The summed E-state index contributed by atoms with van der Waals surface area (Å²) >= 11 is 0. The van der Waals surface area contributed by atoms with E-state index in [1.165, 1.54) is 44.1 Å². The molecule has 0 heterocycles. The molecule has 0 saturated heterocycles. The Hall–Kier alpha value is -2.82. The van der Waals surface area contributed by atoms with E-state index in [2.05, 4.69) is 24.5 Å². The fourth-order valence-corrected chi connectivity index (χ4v) is 3.39. The van der Waals surface area contributed by atoms with Gasteiger partial charge in [-0.3, -0.25) is 9.59 Å². The summed E-state index contributed by atoms with van der Waals surface area (Å²) in [7, 11) is 0. The number of amides is 2. The molecule has 0 aromatic heterocycles. The Balaban J connectivity index is 1.74. The lowest BCUT2D eigenvalue weighted by Crippen LogP contribution is -2.29. The summed E-state index contributed by atoms with van der Waals surface area (Å²) in [6.07, 6.45) is 8.73. The number of hydrogen-bond donors (Lipinski definition) is 2. The van der Waals surface area contributed by atoms with Gasteiger partial charge >= 0.3 is 11.8 Å². The van der Waals surface area contributed by atoms with Gasteiger partial charge in [0, 0.05) is 5.69 Å². The van der Waals surface area contributed by atoms with Gasteiger partial charge in [0.25, 0.3) is 0 Å². The molecule has 168 valence electrons. The highest BCUT2D eigenvalue weighted by atomic mass is 16.5. The molecule has 5 nitrogen and oxygen atoms in total. The van der Waals surface area contributed by atoms with Crippen molar-refractivity contribution in [1.82, 2.24) is 0 Å². The maximum atomic E-state index is 12.2. The van der Waals surface area contributed by atoms with Gasteiger partial charge in [-0.2, -0.15) is 0 Å². The van der Waals surface area contributed by atoms with Gasteiger partial charge in [0.1, 0.15) is 5.75 Å². The number of para-hydroxylation sites is 2. The fourth-order valence-electron chi connectivity index (χ4n) is 3.39. The highest BCUT2D eigenvalue weighted by Crippen LogP contribution is 2.23. The Labute approximate surface area is 186 Å². The van der Waals surface area contributed by atoms with Crippen molar-refractivity contribution in [2.24, 2.45) is 5.92 Å². The van der Waals surface area contributed by atoms with Gasteiger partial charge in [0.2, 0.25) is 0 Å². The van der Waals surface area contributed by atoms with Crippen LogP contribution < -0.4 is 15.4 Å². The number of carbonyl (C=O) groups excluding carboxylic acids is 2. The Kier molecular flexibility index (Phi) is 10.6. The average Bonchev–Trinajstić information content (AvgIpc) is 2.75. The van der Waals surface area contributed by atoms with Crippen LogP contribution in [0.3, 0.4) is 0 Å². The molecule has 0 atom stereocenters. The van der Waals surface area contributed by atoms with Gasteiger partial charge in [-0.15, -0.1) is 0 Å². The minimum absolute atomic E-state index is 0.476. The van der Waals surface area contributed by atoms with Gasteiger partial charge in [0.05, 0.1) is 12.3 Å². The van der Waals surface area contributed by atoms with Crippen LogP contribution in [-0.4, -0.2) is 18.4 Å². The molecule has 2 aromatic rings. The minimum atomic E-state index is -0.728.